The lowest BCUT2D eigenvalue weighted by Crippen LogP contribution is -2.58. The third kappa shape index (κ3) is 5.90. The molecule has 0 aliphatic carbocycles. The number of aliphatic imine (C=N–C) groups is 1. The fourth-order valence-electron chi connectivity index (χ4n) is 5.41. The summed E-state index contributed by atoms with van der Waals surface area (Å²) < 4.78 is 4.98. The molecule has 2 aromatic rings. The summed E-state index contributed by atoms with van der Waals surface area (Å²) in [6.07, 6.45) is 2.12. The zero-order chi connectivity index (χ0) is 27.6. The van der Waals surface area contributed by atoms with Gasteiger partial charge in [-0.1, -0.05) is 72.9 Å². The van der Waals surface area contributed by atoms with E-state index in [0.29, 0.717) is 13.1 Å². The van der Waals surface area contributed by atoms with Crippen LogP contribution in [-0.2, 0) is 9.53 Å². The molecular weight excluding hydrogens is 528 g/mol. The number of amidine groups is 1. The van der Waals surface area contributed by atoms with Gasteiger partial charge in [0.1, 0.15) is 11.2 Å². The maximum atomic E-state index is 13.5. The molecule has 3 heterocycles. The molecule has 206 valence electrons. The molecule has 0 bridgehead atoms. The Morgan fingerprint density at radius 2 is 1.79 bits per heavy atom. The number of rotatable bonds is 6. The highest BCUT2D eigenvalue weighted by Gasteiger charge is 2.44. The van der Waals surface area contributed by atoms with Crippen LogP contribution in [0, 0.1) is 0 Å². The number of thioether (sulfide) groups is 2. The van der Waals surface area contributed by atoms with Gasteiger partial charge in [-0.15, -0.1) is 0 Å². The second kappa shape index (κ2) is 11.8. The number of likely N-dealkylation sites (N-methyl/N-ethyl adjacent to an activating group) is 1. The van der Waals surface area contributed by atoms with Crippen LogP contribution >= 0.6 is 23.5 Å². The maximum Gasteiger partial charge on any atom is 0.316 e. The smallest absolute Gasteiger partial charge is 0.316 e. The Morgan fingerprint density at radius 3 is 2.49 bits per heavy atom. The van der Waals surface area contributed by atoms with Crippen molar-refractivity contribution >= 4 is 40.6 Å². The molecule has 1 amide bonds. The van der Waals surface area contributed by atoms with E-state index in [4.69, 9.17) is 9.73 Å². The number of amides is 1. The number of methoxy groups -OCH3 is 1. The van der Waals surface area contributed by atoms with Gasteiger partial charge >= 0.3 is 5.97 Å². The lowest BCUT2D eigenvalue weighted by molar-refractivity contribution is -0.137. The fourth-order valence-corrected chi connectivity index (χ4v) is 7.57. The first-order valence-corrected chi connectivity index (χ1v) is 15.2. The second-order valence-corrected chi connectivity index (χ2v) is 13.0. The number of hydrogen-bond donors (Lipinski definition) is 0. The minimum Gasteiger partial charge on any atom is -0.468 e. The molecule has 0 aromatic heterocycles. The molecule has 0 spiro atoms. The third-order valence-electron chi connectivity index (χ3n) is 7.82. The van der Waals surface area contributed by atoms with Crippen LogP contribution in [0.5, 0.6) is 0 Å². The van der Waals surface area contributed by atoms with Crippen molar-refractivity contribution in [2.75, 3.05) is 46.1 Å². The summed E-state index contributed by atoms with van der Waals surface area (Å²) >= 11 is 3.28. The molecule has 0 saturated carbocycles. The van der Waals surface area contributed by atoms with Gasteiger partial charge < -0.3 is 14.5 Å². The van der Waals surface area contributed by atoms with Crippen molar-refractivity contribution in [2.24, 2.45) is 4.99 Å². The van der Waals surface area contributed by atoms with Crippen LogP contribution in [0.3, 0.4) is 0 Å². The minimum atomic E-state index is -0.256. The van der Waals surface area contributed by atoms with E-state index < -0.39 is 0 Å². The molecule has 39 heavy (non-hydrogen) atoms. The Balaban J connectivity index is 1.30. The summed E-state index contributed by atoms with van der Waals surface area (Å²) in [5, 5.41) is 1.93. The second-order valence-electron chi connectivity index (χ2n) is 10.4. The van der Waals surface area contributed by atoms with Crippen LogP contribution in [0.1, 0.15) is 37.0 Å². The molecule has 2 aromatic carbocycles. The lowest BCUT2D eigenvalue weighted by atomic mass is 9.95. The Hall–Kier alpha value is -2.75. The topological polar surface area (TPSA) is 65.5 Å². The summed E-state index contributed by atoms with van der Waals surface area (Å²) in [7, 11) is 3.48. The van der Waals surface area contributed by atoms with E-state index in [1.165, 1.54) is 24.4 Å². The first-order valence-electron chi connectivity index (χ1n) is 13.4. The molecule has 7 nitrogen and oxygen atoms in total. The Labute approximate surface area is 239 Å². The zero-order valence-corrected chi connectivity index (χ0v) is 24.7. The molecule has 3 aliphatic heterocycles. The number of hydrogen-bond acceptors (Lipinski definition) is 8. The van der Waals surface area contributed by atoms with Crippen LogP contribution in [-0.4, -0.2) is 88.7 Å². The van der Waals surface area contributed by atoms with Gasteiger partial charge in [0.2, 0.25) is 0 Å². The van der Waals surface area contributed by atoms with E-state index in [9.17, 15) is 9.59 Å². The Bertz CT molecular complexity index is 1290. The highest BCUT2D eigenvalue weighted by atomic mass is 32.2. The van der Waals surface area contributed by atoms with Gasteiger partial charge in [-0.2, -0.15) is 0 Å². The van der Waals surface area contributed by atoms with Gasteiger partial charge in [0.15, 0.2) is 5.17 Å². The summed E-state index contributed by atoms with van der Waals surface area (Å²) in [5.74, 6) is 0.0539. The van der Waals surface area contributed by atoms with Crippen LogP contribution < -0.4 is 0 Å². The van der Waals surface area contributed by atoms with E-state index in [-0.39, 0.29) is 28.5 Å². The molecule has 1 fully saturated rings. The zero-order valence-electron chi connectivity index (χ0n) is 23.1. The van der Waals surface area contributed by atoms with Crippen molar-refractivity contribution < 1.29 is 14.3 Å². The molecule has 2 unspecified atom stereocenters. The van der Waals surface area contributed by atoms with E-state index in [1.54, 1.807) is 0 Å². The molecule has 9 heteroatoms. The number of piperazine rings is 1. The molecular formula is C30H36N4O3S2. The number of carbonyl (C=O) groups excluding carboxylic acids is 2. The largest absolute Gasteiger partial charge is 0.468 e. The lowest BCUT2D eigenvalue weighted by Gasteiger charge is -2.45. The number of carbonyl (C=O) groups is 2. The third-order valence-corrected chi connectivity index (χ3v) is 10.3. The highest BCUT2D eigenvalue weighted by Crippen LogP contribution is 2.52. The van der Waals surface area contributed by atoms with Gasteiger partial charge in [0, 0.05) is 49.1 Å². The number of ether oxygens (including phenoxy) is 1. The standard InChI is InChI=1S/C30H36N4O3S2/c1-5-30(2)19-24-26(39-30)31-29(38-20-25(35)37-4)32(3)27(24)33-14-16-34(17-15-33)28(36)23-13-9-12-22(18-23)21-10-7-6-8-11-21/h6-13,18,27H,5,14-17,19-20H2,1-4H3. The van der Waals surface area contributed by atoms with Crippen molar-refractivity contribution in [1.82, 2.24) is 14.7 Å². The van der Waals surface area contributed by atoms with Crippen molar-refractivity contribution in [3.8, 4) is 11.1 Å². The average Bonchev–Trinajstić information content (AvgIpc) is 3.32. The highest BCUT2D eigenvalue weighted by molar-refractivity contribution is 8.14. The van der Waals surface area contributed by atoms with Crippen molar-refractivity contribution in [3.63, 3.8) is 0 Å². The number of esters is 1. The molecule has 0 radical (unpaired) electrons. The number of benzene rings is 2. The SMILES string of the molecule is CCC1(C)CC2=C(N=C(SCC(=O)OC)N(C)C2N2CCN(C(=O)c3cccc(-c4ccccc4)c3)CC2)S1. The van der Waals surface area contributed by atoms with Gasteiger partial charge in [-0.25, -0.2) is 4.99 Å². The van der Waals surface area contributed by atoms with E-state index in [2.05, 4.69) is 48.9 Å². The van der Waals surface area contributed by atoms with E-state index in [1.807, 2.05) is 53.1 Å². The monoisotopic (exact) mass is 564 g/mol. The van der Waals surface area contributed by atoms with Crippen LogP contribution in [0.2, 0.25) is 0 Å². The normalized spacial score (nSPS) is 23.5. The minimum absolute atomic E-state index is 0.0668. The molecule has 2 atom stereocenters. The first-order chi connectivity index (χ1) is 18.8. The van der Waals surface area contributed by atoms with E-state index >= 15 is 0 Å². The summed E-state index contributed by atoms with van der Waals surface area (Å²) in [5.41, 5.74) is 4.24. The Morgan fingerprint density at radius 1 is 1.08 bits per heavy atom. The van der Waals surface area contributed by atoms with Crippen LogP contribution in [0.15, 0.2) is 70.2 Å². The molecule has 5 rings (SSSR count). The summed E-state index contributed by atoms with van der Waals surface area (Å²) in [6.45, 7) is 7.43. The fraction of sp³-hybridized carbons (Fsp3) is 0.433. The average molecular weight is 565 g/mol. The maximum absolute atomic E-state index is 13.5. The molecule has 3 aliphatic rings. The van der Waals surface area contributed by atoms with Crippen molar-refractivity contribution in [1.29, 1.82) is 0 Å². The van der Waals surface area contributed by atoms with E-state index in [0.717, 1.165) is 52.8 Å². The predicted molar refractivity (Wildman–Crippen MR) is 161 cm³/mol. The van der Waals surface area contributed by atoms with Crippen molar-refractivity contribution in [3.05, 3.63) is 70.8 Å². The molecule has 0 N–H and O–H groups in total. The predicted octanol–water partition coefficient (Wildman–Crippen LogP) is 5.16. The van der Waals surface area contributed by atoms with Gasteiger partial charge in [-0.3, -0.25) is 14.5 Å². The Kier molecular flexibility index (Phi) is 8.40. The van der Waals surface area contributed by atoms with Gasteiger partial charge in [0.05, 0.1) is 12.9 Å². The van der Waals surface area contributed by atoms with Gasteiger partial charge in [0.25, 0.3) is 5.91 Å². The summed E-state index contributed by atoms with van der Waals surface area (Å²) in [4.78, 5) is 37.0. The number of nitrogens with zero attached hydrogens (tertiary/aromatic N) is 4. The summed E-state index contributed by atoms with van der Waals surface area (Å²) in [6, 6.07) is 18.1. The van der Waals surface area contributed by atoms with Crippen LogP contribution in [0.4, 0.5) is 0 Å². The van der Waals surface area contributed by atoms with Crippen LogP contribution in [0.25, 0.3) is 11.1 Å². The van der Waals surface area contributed by atoms with Gasteiger partial charge in [-0.05, 0) is 43.0 Å². The first kappa shape index (κ1) is 27.8. The quantitative estimate of drug-likeness (QED) is 0.449. The molecule has 1 saturated heterocycles. The van der Waals surface area contributed by atoms with Crippen molar-refractivity contribution in [2.45, 2.75) is 37.6 Å².